The highest BCUT2D eigenvalue weighted by molar-refractivity contribution is 9.10. The van der Waals surface area contributed by atoms with Gasteiger partial charge in [0.25, 0.3) is 0 Å². The van der Waals surface area contributed by atoms with Crippen molar-refractivity contribution in [1.82, 2.24) is 9.62 Å². The second-order valence-corrected chi connectivity index (χ2v) is 6.80. The van der Waals surface area contributed by atoms with Crippen LogP contribution in [-0.4, -0.2) is 38.9 Å². The molecule has 0 aliphatic carbocycles. The van der Waals surface area contributed by atoms with Crippen LogP contribution in [0.2, 0.25) is 0 Å². The molecule has 0 radical (unpaired) electrons. The molecule has 0 bridgehead atoms. The van der Waals surface area contributed by atoms with Crippen LogP contribution in [0.1, 0.15) is 5.56 Å². The van der Waals surface area contributed by atoms with Gasteiger partial charge in [0.15, 0.2) is 0 Å². The molecule has 0 spiro atoms. The van der Waals surface area contributed by atoms with Crippen LogP contribution in [-0.2, 0) is 10.0 Å². The number of halogens is 2. The second-order valence-electron chi connectivity index (χ2n) is 3.94. The number of hydrogen-bond acceptors (Lipinski definition) is 4. The summed E-state index contributed by atoms with van der Waals surface area (Å²) in [6.07, 6.45) is 0. The maximum atomic E-state index is 12.4. The number of hydrogen-bond donors (Lipinski definition) is 1. The van der Waals surface area contributed by atoms with Crippen LogP contribution in [0, 0.1) is 11.3 Å². The Morgan fingerprint density at radius 3 is 2.47 bits per heavy atom. The van der Waals surface area contributed by atoms with Gasteiger partial charge in [-0.1, -0.05) is 15.9 Å². The van der Waals surface area contributed by atoms with Crippen LogP contribution < -0.4 is 5.32 Å². The Kier molecular flexibility index (Phi) is 5.77. The van der Waals surface area contributed by atoms with Crippen LogP contribution in [0.25, 0.3) is 0 Å². The van der Waals surface area contributed by atoms with Crippen LogP contribution in [0.3, 0.4) is 0 Å². The van der Waals surface area contributed by atoms with Gasteiger partial charge in [-0.2, -0.15) is 9.57 Å². The number of nitrogens with zero attached hydrogens (tertiary/aromatic N) is 2. The molecule has 0 amide bonds. The summed E-state index contributed by atoms with van der Waals surface area (Å²) in [7, 11) is -3.50. The Hall–Kier alpha value is -0.650. The first-order valence-corrected chi connectivity index (χ1v) is 7.69. The molecule has 0 aromatic heterocycles. The van der Waals surface area contributed by atoms with Crippen molar-refractivity contribution in [3.05, 3.63) is 28.2 Å². The van der Waals surface area contributed by atoms with Gasteiger partial charge in [-0.25, -0.2) is 8.42 Å². The standard InChI is InChI=1S/C11H12BrN3O2S.ClH/c12-10-5-9(8-13)6-11(7-10)18(16,17)15-3-1-14-2-4-15;/h5-7,14H,1-4H2;1H. The van der Waals surface area contributed by atoms with Crippen LogP contribution in [0.5, 0.6) is 0 Å². The predicted octanol–water partition coefficient (Wildman–Crippen LogP) is 1.34. The molecular weight excluding hydrogens is 354 g/mol. The third-order valence-electron chi connectivity index (χ3n) is 2.71. The Morgan fingerprint density at radius 2 is 1.89 bits per heavy atom. The molecule has 1 aliphatic heterocycles. The minimum atomic E-state index is -3.50. The minimum Gasteiger partial charge on any atom is -0.314 e. The molecule has 1 fully saturated rings. The van der Waals surface area contributed by atoms with Crippen molar-refractivity contribution in [1.29, 1.82) is 5.26 Å². The Balaban J connectivity index is 0.00000180. The van der Waals surface area contributed by atoms with E-state index in [0.717, 1.165) is 0 Å². The predicted molar refractivity (Wildman–Crippen MR) is 77.7 cm³/mol. The number of sulfonamides is 1. The molecule has 1 saturated heterocycles. The fourth-order valence-electron chi connectivity index (χ4n) is 1.81. The molecule has 0 atom stereocenters. The van der Waals surface area contributed by atoms with Gasteiger partial charge in [0, 0.05) is 30.7 Å². The smallest absolute Gasteiger partial charge is 0.243 e. The number of rotatable bonds is 2. The summed E-state index contributed by atoms with van der Waals surface area (Å²) < 4.78 is 26.8. The van der Waals surface area contributed by atoms with Gasteiger partial charge < -0.3 is 5.32 Å². The van der Waals surface area contributed by atoms with E-state index in [1.807, 2.05) is 6.07 Å². The zero-order valence-corrected chi connectivity index (χ0v) is 13.2. The van der Waals surface area contributed by atoms with Crippen LogP contribution in [0.4, 0.5) is 0 Å². The summed E-state index contributed by atoms with van der Waals surface area (Å²) >= 11 is 3.22. The lowest BCUT2D eigenvalue weighted by atomic mass is 10.2. The first kappa shape index (κ1) is 16.4. The summed E-state index contributed by atoms with van der Waals surface area (Å²) in [5.74, 6) is 0. The number of benzene rings is 1. The van der Waals surface area contributed by atoms with E-state index in [2.05, 4.69) is 21.2 Å². The Labute approximate surface area is 127 Å². The Bertz CT molecular complexity index is 594. The van der Waals surface area contributed by atoms with E-state index in [1.54, 1.807) is 6.07 Å². The molecule has 2 rings (SSSR count). The first-order chi connectivity index (χ1) is 8.54. The van der Waals surface area contributed by atoms with E-state index in [0.29, 0.717) is 36.2 Å². The fraction of sp³-hybridized carbons (Fsp3) is 0.364. The van der Waals surface area contributed by atoms with E-state index < -0.39 is 10.0 Å². The summed E-state index contributed by atoms with van der Waals surface area (Å²) in [5.41, 5.74) is 0.332. The average molecular weight is 367 g/mol. The van der Waals surface area contributed by atoms with E-state index >= 15 is 0 Å². The first-order valence-electron chi connectivity index (χ1n) is 5.45. The van der Waals surface area contributed by atoms with E-state index in [1.165, 1.54) is 16.4 Å². The van der Waals surface area contributed by atoms with Gasteiger partial charge in [-0.3, -0.25) is 0 Å². The number of piperazine rings is 1. The largest absolute Gasteiger partial charge is 0.314 e. The van der Waals surface area contributed by atoms with Gasteiger partial charge in [-0.15, -0.1) is 12.4 Å². The molecule has 0 unspecified atom stereocenters. The van der Waals surface area contributed by atoms with Gasteiger partial charge in [0.2, 0.25) is 10.0 Å². The highest BCUT2D eigenvalue weighted by Gasteiger charge is 2.26. The highest BCUT2D eigenvalue weighted by atomic mass is 79.9. The van der Waals surface area contributed by atoms with Gasteiger partial charge in [0.1, 0.15) is 0 Å². The molecule has 19 heavy (non-hydrogen) atoms. The summed E-state index contributed by atoms with van der Waals surface area (Å²) in [6, 6.07) is 6.48. The van der Waals surface area contributed by atoms with Crippen molar-refractivity contribution in [2.45, 2.75) is 4.90 Å². The molecule has 8 heteroatoms. The van der Waals surface area contributed by atoms with Crippen molar-refractivity contribution < 1.29 is 8.42 Å². The van der Waals surface area contributed by atoms with Gasteiger partial charge in [0.05, 0.1) is 16.5 Å². The van der Waals surface area contributed by atoms with Crippen molar-refractivity contribution in [3.63, 3.8) is 0 Å². The molecule has 1 aliphatic rings. The molecule has 0 saturated carbocycles. The molecule has 5 nitrogen and oxygen atoms in total. The molecule has 1 N–H and O–H groups in total. The molecular formula is C11H13BrClN3O2S. The monoisotopic (exact) mass is 365 g/mol. The third kappa shape index (κ3) is 3.68. The van der Waals surface area contributed by atoms with Crippen molar-refractivity contribution in [3.8, 4) is 6.07 Å². The zero-order chi connectivity index (χ0) is 13.2. The molecule has 1 heterocycles. The number of nitrogens with one attached hydrogen (secondary N) is 1. The quantitative estimate of drug-likeness (QED) is 0.857. The topological polar surface area (TPSA) is 73.2 Å². The van der Waals surface area contributed by atoms with Crippen molar-refractivity contribution in [2.75, 3.05) is 26.2 Å². The Morgan fingerprint density at radius 1 is 1.26 bits per heavy atom. The molecule has 104 valence electrons. The lowest BCUT2D eigenvalue weighted by Gasteiger charge is -2.26. The zero-order valence-electron chi connectivity index (χ0n) is 9.97. The average Bonchev–Trinajstić information content (AvgIpc) is 2.39. The van der Waals surface area contributed by atoms with Crippen molar-refractivity contribution >= 4 is 38.4 Å². The second kappa shape index (κ2) is 6.68. The van der Waals surface area contributed by atoms with Gasteiger partial charge >= 0.3 is 0 Å². The fourth-order valence-corrected chi connectivity index (χ4v) is 3.97. The van der Waals surface area contributed by atoms with Crippen molar-refractivity contribution in [2.24, 2.45) is 0 Å². The summed E-state index contributed by atoms with van der Waals surface area (Å²) in [6.45, 7) is 2.21. The highest BCUT2D eigenvalue weighted by Crippen LogP contribution is 2.22. The van der Waals surface area contributed by atoms with Crippen LogP contribution in [0.15, 0.2) is 27.6 Å². The summed E-state index contributed by atoms with van der Waals surface area (Å²) in [5, 5.41) is 12.0. The normalized spacial score (nSPS) is 16.4. The van der Waals surface area contributed by atoms with Gasteiger partial charge in [-0.05, 0) is 18.2 Å². The third-order valence-corrected chi connectivity index (χ3v) is 5.05. The lowest BCUT2D eigenvalue weighted by Crippen LogP contribution is -2.46. The SMILES string of the molecule is Cl.N#Cc1cc(Br)cc(S(=O)(=O)N2CCNCC2)c1. The maximum Gasteiger partial charge on any atom is 0.243 e. The van der Waals surface area contributed by atoms with E-state index in [-0.39, 0.29) is 17.3 Å². The summed E-state index contributed by atoms with van der Waals surface area (Å²) in [4.78, 5) is 0.162. The lowest BCUT2D eigenvalue weighted by molar-refractivity contribution is 0.360. The number of nitriles is 1. The van der Waals surface area contributed by atoms with Crippen LogP contribution >= 0.6 is 28.3 Å². The van der Waals surface area contributed by atoms with E-state index in [9.17, 15) is 8.42 Å². The minimum absolute atomic E-state index is 0. The maximum absolute atomic E-state index is 12.4. The van der Waals surface area contributed by atoms with E-state index in [4.69, 9.17) is 5.26 Å². The molecule has 1 aromatic rings. The molecule has 1 aromatic carbocycles.